The van der Waals surface area contributed by atoms with Crippen molar-refractivity contribution < 1.29 is 4.74 Å². The number of hydrogen-bond acceptors (Lipinski definition) is 4. The Bertz CT molecular complexity index is 709. The van der Waals surface area contributed by atoms with Crippen LogP contribution in [-0.4, -0.2) is 4.98 Å². The molecule has 4 heteroatoms. The standard InChI is InChI=1S/C17H19N3O/c1-11-5-6-13(17(2,3)4)15(7-11)21-16-14(19)8-12(9-18)10-20-16/h5-8,10H,19H2,1-4H3. The van der Waals surface area contributed by atoms with Crippen molar-refractivity contribution in [2.24, 2.45) is 0 Å². The Labute approximate surface area is 125 Å². The number of aromatic nitrogens is 1. The van der Waals surface area contributed by atoms with Crippen molar-refractivity contribution in [2.45, 2.75) is 33.1 Å². The van der Waals surface area contributed by atoms with Gasteiger partial charge in [0.1, 0.15) is 11.8 Å². The Kier molecular flexibility index (Phi) is 3.86. The second-order valence-corrected chi connectivity index (χ2v) is 6.08. The summed E-state index contributed by atoms with van der Waals surface area (Å²) in [5.74, 6) is 1.07. The van der Waals surface area contributed by atoms with Crippen LogP contribution < -0.4 is 10.5 Å². The summed E-state index contributed by atoms with van der Waals surface area (Å²) in [6.07, 6.45) is 1.46. The molecule has 0 fully saturated rings. The fourth-order valence-corrected chi connectivity index (χ4v) is 2.05. The van der Waals surface area contributed by atoms with Crippen LogP contribution in [0.5, 0.6) is 11.6 Å². The summed E-state index contributed by atoms with van der Waals surface area (Å²) >= 11 is 0. The third kappa shape index (κ3) is 3.32. The minimum atomic E-state index is -0.0512. The first kappa shape index (κ1) is 14.9. The number of rotatable bonds is 2. The van der Waals surface area contributed by atoms with Gasteiger partial charge in [0.25, 0.3) is 0 Å². The van der Waals surface area contributed by atoms with Crippen LogP contribution in [-0.2, 0) is 5.41 Å². The molecule has 2 N–H and O–H groups in total. The minimum Gasteiger partial charge on any atom is -0.437 e. The lowest BCUT2D eigenvalue weighted by molar-refractivity contribution is 0.441. The normalized spacial score (nSPS) is 11.0. The third-order valence-corrected chi connectivity index (χ3v) is 3.16. The van der Waals surface area contributed by atoms with E-state index in [-0.39, 0.29) is 5.41 Å². The van der Waals surface area contributed by atoms with E-state index in [1.54, 1.807) is 6.07 Å². The van der Waals surface area contributed by atoms with Gasteiger partial charge in [0.2, 0.25) is 5.88 Å². The van der Waals surface area contributed by atoms with Gasteiger partial charge in [0.05, 0.1) is 11.3 Å². The smallest absolute Gasteiger partial charge is 0.242 e. The van der Waals surface area contributed by atoms with E-state index < -0.39 is 0 Å². The summed E-state index contributed by atoms with van der Waals surface area (Å²) in [7, 11) is 0. The van der Waals surface area contributed by atoms with Crippen molar-refractivity contribution in [2.75, 3.05) is 5.73 Å². The van der Waals surface area contributed by atoms with E-state index in [0.29, 0.717) is 17.1 Å². The van der Waals surface area contributed by atoms with Gasteiger partial charge < -0.3 is 10.5 Å². The quantitative estimate of drug-likeness (QED) is 0.905. The second-order valence-electron chi connectivity index (χ2n) is 6.08. The average molecular weight is 281 g/mol. The number of nitrogens with zero attached hydrogens (tertiary/aromatic N) is 2. The highest BCUT2D eigenvalue weighted by Crippen LogP contribution is 2.35. The molecule has 21 heavy (non-hydrogen) atoms. The summed E-state index contributed by atoms with van der Waals surface area (Å²) in [4.78, 5) is 4.13. The first-order valence-electron chi connectivity index (χ1n) is 6.76. The van der Waals surface area contributed by atoms with Crippen LogP contribution in [0.25, 0.3) is 0 Å². The topological polar surface area (TPSA) is 71.9 Å². The lowest BCUT2D eigenvalue weighted by Gasteiger charge is -2.23. The van der Waals surface area contributed by atoms with Crippen molar-refractivity contribution in [3.8, 4) is 17.7 Å². The Hall–Kier alpha value is -2.54. The molecule has 0 saturated heterocycles. The minimum absolute atomic E-state index is 0.0512. The highest BCUT2D eigenvalue weighted by atomic mass is 16.5. The number of anilines is 1. The molecule has 0 amide bonds. The molecule has 0 unspecified atom stereocenters. The van der Waals surface area contributed by atoms with E-state index >= 15 is 0 Å². The number of nitrogens with two attached hydrogens (primary N) is 1. The van der Waals surface area contributed by atoms with Gasteiger partial charge >= 0.3 is 0 Å². The Morgan fingerprint density at radius 3 is 2.52 bits per heavy atom. The fraction of sp³-hybridized carbons (Fsp3) is 0.294. The summed E-state index contributed by atoms with van der Waals surface area (Å²) < 4.78 is 5.90. The van der Waals surface area contributed by atoms with E-state index in [4.69, 9.17) is 15.7 Å². The number of aryl methyl sites for hydroxylation is 1. The molecular weight excluding hydrogens is 262 g/mol. The Morgan fingerprint density at radius 2 is 1.95 bits per heavy atom. The Morgan fingerprint density at radius 1 is 1.24 bits per heavy atom. The van der Waals surface area contributed by atoms with Gasteiger partial charge in [-0.1, -0.05) is 32.9 Å². The van der Waals surface area contributed by atoms with E-state index in [9.17, 15) is 0 Å². The first-order chi connectivity index (χ1) is 9.81. The second kappa shape index (κ2) is 5.45. The fourth-order valence-electron chi connectivity index (χ4n) is 2.05. The van der Waals surface area contributed by atoms with E-state index in [2.05, 4.69) is 37.9 Å². The van der Waals surface area contributed by atoms with Gasteiger partial charge in [0.15, 0.2) is 0 Å². The molecule has 0 aliphatic carbocycles. The van der Waals surface area contributed by atoms with Crippen LogP contribution in [0.15, 0.2) is 30.5 Å². The van der Waals surface area contributed by atoms with Crippen molar-refractivity contribution in [3.05, 3.63) is 47.2 Å². The number of nitrogen functional groups attached to an aromatic ring is 1. The largest absolute Gasteiger partial charge is 0.437 e. The van der Waals surface area contributed by atoms with Crippen molar-refractivity contribution in [3.63, 3.8) is 0 Å². The summed E-state index contributed by atoms with van der Waals surface area (Å²) in [6, 6.07) is 9.66. The summed E-state index contributed by atoms with van der Waals surface area (Å²) in [5.41, 5.74) is 8.81. The molecular formula is C17H19N3O. The van der Waals surface area contributed by atoms with Gasteiger partial charge in [-0.15, -0.1) is 0 Å². The zero-order chi connectivity index (χ0) is 15.6. The highest BCUT2D eigenvalue weighted by molar-refractivity contribution is 5.54. The zero-order valence-corrected chi connectivity index (χ0v) is 12.8. The zero-order valence-electron chi connectivity index (χ0n) is 12.8. The molecule has 0 spiro atoms. The maximum absolute atomic E-state index is 8.84. The number of nitriles is 1. The van der Waals surface area contributed by atoms with Gasteiger partial charge in [-0.2, -0.15) is 5.26 Å². The molecule has 2 aromatic rings. The molecule has 1 heterocycles. The van der Waals surface area contributed by atoms with Crippen LogP contribution in [0.2, 0.25) is 0 Å². The predicted octanol–water partition coefficient (Wildman–Crippen LogP) is 3.93. The van der Waals surface area contributed by atoms with Crippen LogP contribution in [0.3, 0.4) is 0 Å². The van der Waals surface area contributed by atoms with Crippen LogP contribution >= 0.6 is 0 Å². The molecule has 0 radical (unpaired) electrons. The molecule has 0 bridgehead atoms. The van der Waals surface area contributed by atoms with Gasteiger partial charge in [0, 0.05) is 11.8 Å². The van der Waals surface area contributed by atoms with Crippen molar-refractivity contribution >= 4 is 5.69 Å². The summed E-state index contributed by atoms with van der Waals surface area (Å²) in [6.45, 7) is 8.38. The maximum atomic E-state index is 8.84. The molecule has 1 aromatic heterocycles. The lowest BCUT2D eigenvalue weighted by atomic mass is 9.86. The third-order valence-electron chi connectivity index (χ3n) is 3.16. The summed E-state index contributed by atoms with van der Waals surface area (Å²) in [5, 5.41) is 8.84. The molecule has 1 aromatic carbocycles. The molecule has 4 nitrogen and oxygen atoms in total. The van der Waals surface area contributed by atoms with Gasteiger partial charge in [-0.3, -0.25) is 0 Å². The maximum Gasteiger partial charge on any atom is 0.242 e. The number of pyridine rings is 1. The number of hydrogen-bond donors (Lipinski definition) is 1. The van der Waals surface area contributed by atoms with Crippen LogP contribution in [0, 0.1) is 18.3 Å². The van der Waals surface area contributed by atoms with E-state index in [0.717, 1.165) is 16.9 Å². The van der Waals surface area contributed by atoms with E-state index in [1.165, 1.54) is 6.20 Å². The molecule has 0 aliphatic rings. The lowest BCUT2D eigenvalue weighted by Crippen LogP contribution is -2.13. The highest BCUT2D eigenvalue weighted by Gasteiger charge is 2.20. The van der Waals surface area contributed by atoms with Crippen molar-refractivity contribution in [1.29, 1.82) is 5.26 Å². The van der Waals surface area contributed by atoms with Crippen LogP contribution in [0.4, 0.5) is 5.69 Å². The molecule has 2 rings (SSSR count). The van der Waals surface area contributed by atoms with Gasteiger partial charge in [-0.05, 0) is 30.0 Å². The molecule has 108 valence electrons. The van der Waals surface area contributed by atoms with Crippen molar-refractivity contribution in [1.82, 2.24) is 4.98 Å². The van der Waals surface area contributed by atoms with Gasteiger partial charge in [-0.25, -0.2) is 4.98 Å². The average Bonchev–Trinajstić information content (AvgIpc) is 2.39. The Balaban J connectivity index is 2.44. The SMILES string of the molecule is Cc1ccc(C(C)(C)C)c(Oc2ncc(C#N)cc2N)c1. The number of benzene rings is 1. The molecule has 0 aliphatic heterocycles. The monoisotopic (exact) mass is 281 g/mol. The van der Waals surface area contributed by atoms with Crippen LogP contribution in [0.1, 0.15) is 37.5 Å². The number of ether oxygens (including phenoxy) is 1. The molecule has 0 saturated carbocycles. The molecule has 0 atom stereocenters. The van der Waals surface area contributed by atoms with E-state index in [1.807, 2.05) is 19.1 Å². The predicted molar refractivity (Wildman–Crippen MR) is 83.3 cm³/mol. The first-order valence-corrected chi connectivity index (χ1v) is 6.76.